The molecule has 0 aliphatic heterocycles. The quantitative estimate of drug-likeness (QED) is 0.532. The van der Waals surface area contributed by atoms with Crippen LogP contribution in [0.2, 0.25) is 4.34 Å². The summed E-state index contributed by atoms with van der Waals surface area (Å²) in [6.45, 7) is 4.08. The molecule has 0 spiro atoms. The van der Waals surface area contributed by atoms with E-state index in [4.69, 9.17) is 11.6 Å². The molecule has 0 atom stereocenters. The molecule has 0 aliphatic carbocycles. The van der Waals surface area contributed by atoms with Gasteiger partial charge in [0.15, 0.2) is 0 Å². The molecule has 0 amide bonds. The van der Waals surface area contributed by atoms with Gasteiger partial charge in [-0.3, -0.25) is 4.90 Å². The van der Waals surface area contributed by atoms with E-state index in [1.54, 1.807) is 12.1 Å². The maximum Gasteiger partial charge on any atom is 0.411 e. The average molecular weight is 314 g/mol. The predicted octanol–water partition coefficient (Wildman–Crippen LogP) is 3.97. The van der Waals surface area contributed by atoms with Gasteiger partial charge in [-0.1, -0.05) is 17.7 Å². The van der Waals surface area contributed by atoms with E-state index in [0.717, 1.165) is 4.88 Å². The second kappa shape index (κ2) is 7.89. The van der Waals surface area contributed by atoms with Crippen LogP contribution in [0.5, 0.6) is 0 Å². The highest BCUT2D eigenvalue weighted by Crippen LogP contribution is 2.22. The number of ether oxygens (including phenoxy) is 1. The lowest BCUT2D eigenvalue weighted by molar-refractivity contribution is -0.174. The van der Waals surface area contributed by atoms with Gasteiger partial charge >= 0.3 is 6.18 Å². The van der Waals surface area contributed by atoms with Crippen molar-refractivity contribution in [1.82, 2.24) is 4.90 Å². The zero-order chi connectivity index (χ0) is 14.3. The normalized spacial score (nSPS) is 12.1. The van der Waals surface area contributed by atoms with Crippen LogP contribution >= 0.6 is 22.9 Å². The molecule has 0 fully saturated rings. The van der Waals surface area contributed by atoms with Gasteiger partial charge in [-0.15, -0.1) is 17.9 Å². The van der Waals surface area contributed by atoms with Crippen molar-refractivity contribution < 1.29 is 17.9 Å². The Labute approximate surface area is 119 Å². The number of halogens is 4. The number of hydrogen-bond acceptors (Lipinski definition) is 3. The maximum absolute atomic E-state index is 11.9. The number of rotatable bonds is 8. The lowest BCUT2D eigenvalue weighted by Gasteiger charge is -2.20. The molecule has 0 aliphatic rings. The van der Waals surface area contributed by atoms with Gasteiger partial charge in [0.2, 0.25) is 0 Å². The molecule has 1 rings (SSSR count). The third-order valence-corrected chi connectivity index (χ3v) is 3.43. The van der Waals surface area contributed by atoms with Crippen molar-refractivity contribution in [3.8, 4) is 0 Å². The van der Waals surface area contributed by atoms with Gasteiger partial charge in [0.1, 0.15) is 6.61 Å². The third-order valence-electron chi connectivity index (χ3n) is 2.21. The molecule has 0 aromatic carbocycles. The first-order valence-corrected chi connectivity index (χ1v) is 6.82. The van der Waals surface area contributed by atoms with E-state index < -0.39 is 12.8 Å². The van der Waals surface area contributed by atoms with Crippen LogP contribution in [0.4, 0.5) is 13.2 Å². The minimum absolute atomic E-state index is 0.0342. The molecule has 0 unspecified atom stereocenters. The fourth-order valence-corrected chi connectivity index (χ4v) is 2.59. The Kier molecular flexibility index (Phi) is 6.85. The van der Waals surface area contributed by atoms with E-state index >= 15 is 0 Å². The van der Waals surface area contributed by atoms with Crippen molar-refractivity contribution in [1.29, 1.82) is 0 Å². The van der Waals surface area contributed by atoms with Crippen molar-refractivity contribution in [3.05, 3.63) is 34.0 Å². The lowest BCUT2D eigenvalue weighted by atomic mass is 10.4. The van der Waals surface area contributed by atoms with Crippen molar-refractivity contribution in [3.63, 3.8) is 0 Å². The molecule has 0 saturated carbocycles. The van der Waals surface area contributed by atoms with Gasteiger partial charge in [-0.2, -0.15) is 13.2 Å². The third kappa shape index (κ3) is 7.57. The Hall–Kier alpha value is -0.560. The van der Waals surface area contributed by atoms with Crippen LogP contribution in [0, 0.1) is 0 Å². The molecule has 1 aromatic heterocycles. The minimum atomic E-state index is -4.27. The summed E-state index contributed by atoms with van der Waals surface area (Å²) in [5, 5.41) is 0. The maximum atomic E-state index is 11.9. The molecule has 0 saturated heterocycles. The van der Waals surface area contributed by atoms with E-state index in [1.165, 1.54) is 11.3 Å². The highest BCUT2D eigenvalue weighted by molar-refractivity contribution is 7.16. The average Bonchev–Trinajstić information content (AvgIpc) is 2.69. The summed E-state index contributed by atoms with van der Waals surface area (Å²) >= 11 is 7.28. The molecule has 1 heterocycles. The number of alkyl halides is 3. The zero-order valence-corrected chi connectivity index (χ0v) is 11.8. The van der Waals surface area contributed by atoms with Crippen LogP contribution in [0.25, 0.3) is 0 Å². The van der Waals surface area contributed by atoms with Crippen LogP contribution in [-0.4, -0.2) is 37.4 Å². The van der Waals surface area contributed by atoms with Crippen molar-refractivity contribution in [2.45, 2.75) is 12.7 Å². The van der Waals surface area contributed by atoms with E-state index in [1.807, 2.05) is 11.0 Å². The first kappa shape index (κ1) is 16.5. The zero-order valence-electron chi connectivity index (χ0n) is 10.3. The summed E-state index contributed by atoms with van der Waals surface area (Å²) in [5.74, 6) is 0. The van der Waals surface area contributed by atoms with Gasteiger partial charge in [-0.25, -0.2) is 0 Å². The predicted molar refractivity (Wildman–Crippen MR) is 71.7 cm³/mol. The Morgan fingerprint density at radius 3 is 2.68 bits per heavy atom. The van der Waals surface area contributed by atoms with Crippen LogP contribution in [-0.2, 0) is 11.3 Å². The topological polar surface area (TPSA) is 12.5 Å². The van der Waals surface area contributed by atoms with E-state index in [-0.39, 0.29) is 6.61 Å². The molecule has 0 bridgehead atoms. The fraction of sp³-hybridized carbons (Fsp3) is 0.500. The second-order valence-corrected chi connectivity index (χ2v) is 5.70. The SMILES string of the molecule is C=CCN(CCOCC(F)(F)F)Cc1ccc(Cl)s1. The summed E-state index contributed by atoms with van der Waals surface area (Å²) in [6.07, 6.45) is -2.57. The van der Waals surface area contributed by atoms with E-state index in [2.05, 4.69) is 11.3 Å². The minimum Gasteiger partial charge on any atom is -0.371 e. The number of hydrogen-bond donors (Lipinski definition) is 0. The summed E-state index contributed by atoms with van der Waals surface area (Å²) in [6, 6.07) is 3.70. The number of nitrogens with zero attached hydrogens (tertiary/aromatic N) is 1. The van der Waals surface area contributed by atoms with E-state index in [0.29, 0.717) is 24.0 Å². The molecule has 2 nitrogen and oxygen atoms in total. The standard InChI is InChI=1S/C12H15ClF3NOS/c1-2-5-17(6-7-18-9-12(14,15)16)8-10-3-4-11(13)19-10/h2-4H,1,5-9H2. The Morgan fingerprint density at radius 2 is 2.16 bits per heavy atom. The molecule has 1 aromatic rings. The molecule has 0 radical (unpaired) electrons. The molecule has 0 N–H and O–H groups in total. The second-order valence-electron chi connectivity index (χ2n) is 3.90. The molecule has 108 valence electrons. The number of thiophene rings is 1. The highest BCUT2D eigenvalue weighted by Gasteiger charge is 2.27. The van der Waals surface area contributed by atoms with Gasteiger partial charge in [0, 0.05) is 24.5 Å². The summed E-state index contributed by atoms with van der Waals surface area (Å²) in [5.41, 5.74) is 0. The van der Waals surface area contributed by atoms with Crippen molar-refractivity contribution >= 4 is 22.9 Å². The Morgan fingerprint density at radius 1 is 1.42 bits per heavy atom. The Bertz CT molecular complexity index is 395. The first-order chi connectivity index (χ1) is 8.90. The monoisotopic (exact) mass is 313 g/mol. The molecule has 19 heavy (non-hydrogen) atoms. The molecular weight excluding hydrogens is 299 g/mol. The van der Waals surface area contributed by atoms with Crippen LogP contribution in [0.1, 0.15) is 4.88 Å². The summed E-state index contributed by atoms with van der Waals surface area (Å²) < 4.78 is 41.0. The van der Waals surface area contributed by atoms with Gasteiger partial charge in [0.25, 0.3) is 0 Å². The van der Waals surface area contributed by atoms with Gasteiger partial charge in [-0.05, 0) is 12.1 Å². The smallest absolute Gasteiger partial charge is 0.371 e. The van der Waals surface area contributed by atoms with Gasteiger partial charge < -0.3 is 4.74 Å². The lowest BCUT2D eigenvalue weighted by Crippen LogP contribution is -2.28. The van der Waals surface area contributed by atoms with Crippen LogP contribution < -0.4 is 0 Å². The van der Waals surface area contributed by atoms with Crippen molar-refractivity contribution in [2.24, 2.45) is 0 Å². The van der Waals surface area contributed by atoms with Crippen LogP contribution in [0.15, 0.2) is 24.8 Å². The van der Waals surface area contributed by atoms with Gasteiger partial charge in [0.05, 0.1) is 10.9 Å². The summed E-state index contributed by atoms with van der Waals surface area (Å²) in [7, 11) is 0. The first-order valence-electron chi connectivity index (χ1n) is 5.62. The van der Waals surface area contributed by atoms with Crippen molar-refractivity contribution in [2.75, 3.05) is 26.3 Å². The largest absolute Gasteiger partial charge is 0.411 e. The molecular formula is C12H15ClF3NOS. The molecule has 7 heteroatoms. The fourth-order valence-electron chi connectivity index (χ4n) is 1.46. The van der Waals surface area contributed by atoms with E-state index in [9.17, 15) is 13.2 Å². The highest BCUT2D eigenvalue weighted by atomic mass is 35.5. The summed E-state index contributed by atoms with van der Waals surface area (Å²) in [4.78, 5) is 3.01. The van der Waals surface area contributed by atoms with Crippen LogP contribution in [0.3, 0.4) is 0 Å². The Balaban J connectivity index is 2.34.